The highest BCUT2D eigenvalue weighted by atomic mass is 16.6. The van der Waals surface area contributed by atoms with E-state index < -0.39 is 109 Å². The van der Waals surface area contributed by atoms with Crippen molar-refractivity contribution < 1.29 is 138 Å². The van der Waals surface area contributed by atoms with Crippen LogP contribution >= 0.6 is 0 Å². The van der Waals surface area contributed by atoms with Crippen molar-refractivity contribution in [1.82, 2.24) is 55.1 Å². The minimum Gasteiger partial charge on any atom is -0.493 e. The molecule has 6 aromatic rings. The molecule has 3 aliphatic rings. The second kappa shape index (κ2) is 61.6. The zero-order valence-corrected chi connectivity index (χ0v) is 82.5. The van der Waals surface area contributed by atoms with Gasteiger partial charge in [0.25, 0.3) is 23.6 Å². The molecular formula is C101H132N14O29. The number of imide groups is 1. The number of hydrogen-bond donors (Lipinski definition) is 7. The Morgan fingerprint density at radius 3 is 1.75 bits per heavy atom. The van der Waals surface area contributed by atoms with Gasteiger partial charge in [-0.3, -0.25) is 91.2 Å². The van der Waals surface area contributed by atoms with E-state index in [1.807, 2.05) is 37.4 Å². The summed E-state index contributed by atoms with van der Waals surface area (Å²) in [5.41, 5.74) is 6.28. The summed E-state index contributed by atoms with van der Waals surface area (Å²) in [6.07, 6.45) is 8.31. The smallest absolute Gasteiger partial charge is 0.407 e. The van der Waals surface area contributed by atoms with Crippen LogP contribution in [-0.4, -0.2) is 331 Å². The van der Waals surface area contributed by atoms with Crippen molar-refractivity contribution in [1.29, 1.82) is 0 Å². The number of anilines is 2. The number of aryl methyl sites for hydroxylation is 3. The number of nitrogens with one attached hydrogen (secondary N) is 7. The lowest BCUT2D eigenvalue weighted by atomic mass is 9.95. The van der Waals surface area contributed by atoms with E-state index in [1.54, 1.807) is 96.3 Å². The second-order valence-electron chi connectivity index (χ2n) is 34.4. The van der Waals surface area contributed by atoms with Gasteiger partial charge in [0.2, 0.25) is 41.2 Å². The van der Waals surface area contributed by atoms with Gasteiger partial charge in [-0.25, -0.2) is 9.78 Å². The number of nitrogens with zero attached hydrogens (tertiary/aromatic N) is 7. The first-order chi connectivity index (χ1) is 69.4. The van der Waals surface area contributed by atoms with Crippen LogP contribution in [0.3, 0.4) is 0 Å². The second-order valence-corrected chi connectivity index (χ2v) is 34.4. The summed E-state index contributed by atoms with van der Waals surface area (Å²) in [6.45, 7) is 13.9. The Balaban J connectivity index is 0.637. The predicted octanol–water partition coefficient (Wildman–Crippen LogP) is 5.86. The lowest BCUT2D eigenvalue weighted by molar-refractivity contribution is -0.137. The van der Waals surface area contributed by atoms with Gasteiger partial charge in [-0.2, -0.15) is 0 Å². The third kappa shape index (κ3) is 39.7. The molecule has 43 nitrogen and oxygen atoms in total. The van der Waals surface area contributed by atoms with Crippen LogP contribution < -0.4 is 42.0 Å². The average Bonchev–Trinajstić information content (AvgIpc) is 1.60. The van der Waals surface area contributed by atoms with E-state index in [0.717, 1.165) is 39.3 Å². The lowest BCUT2D eigenvalue weighted by Crippen LogP contribution is -2.50. The maximum atomic E-state index is 14.2. The van der Waals surface area contributed by atoms with E-state index in [1.165, 1.54) is 18.4 Å². The molecule has 3 aromatic carbocycles. The van der Waals surface area contributed by atoms with Gasteiger partial charge in [-0.1, -0.05) is 36.4 Å². The summed E-state index contributed by atoms with van der Waals surface area (Å²) in [5.74, 6) is -7.34. The number of carbonyl (C=O) groups excluding carboxylic acids is 17. The fourth-order valence-corrected chi connectivity index (χ4v) is 15.0. The number of rotatable bonds is 72. The van der Waals surface area contributed by atoms with E-state index in [4.69, 9.17) is 56.8 Å². The van der Waals surface area contributed by atoms with Crippen molar-refractivity contribution in [2.45, 2.75) is 142 Å². The Bertz CT molecular complexity index is 5470. The fraction of sp³-hybridized carbons (Fsp3) is 0.515. The SMILES string of the molecule is C=C1C[C@H]2C=Nc3cc(OCCCC(=O)Nc4cn(C)c(C(=O)Cc5ccc(-c6cc(C(=O)n7ccc8cc(NC(=O)[C@H](C)NC(=O)[C@H](C)NC(=O)CCNC(=O)OCC(CC(=O)CNC(=O)CCC(=O)CNC(=O)CCC(=O)CCOCCOCCCC(=O)CCN9C(=O)C=CC9=O)C(=O)CCCOCCOCCOCCOCCOCCOCCOCCOC)ccc87)n(C)c6)cc5)n4)c(C)cc3C(=O)N2C1. The number of ether oxygens (including phenoxy) is 12. The van der Waals surface area contributed by atoms with Gasteiger partial charge in [-0.05, 0) is 99.5 Å². The molecule has 1 unspecified atom stereocenters. The van der Waals surface area contributed by atoms with Crippen LogP contribution in [-0.2, 0) is 135 Å². The van der Waals surface area contributed by atoms with Crippen molar-refractivity contribution >= 4 is 134 Å². The largest absolute Gasteiger partial charge is 0.493 e. The summed E-state index contributed by atoms with van der Waals surface area (Å²) >= 11 is 0. The highest BCUT2D eigenvalue weighted by molar-refractivity contribution is 6.13. The van der Waals surface area contributed by atoms with Gasteiger partial charge in [-0.15, -0.1) is 0 Å². The molecule has 0 radical (unpaired) electrons. The molecule has 10 amide bonds. The Labute approximate surface area is 834 Å². The number of imidazole rings is 1. The molecule has 1 fully saturated rings. The highest BCUT2D eigenvalue weighted by Crippen LogP contribution is 2.36. The quantitative estimate of drug-likeness (QED) is 0.0102. The lowest BCUT2D eigenvalue weighted by Gasteiger charge is -2.20. The molecule has 3 aromatic heterocycles. The highest BCUT2D eigenvalue weighted by Gasteiger charge is 2.35. The maximum absolute atomic E-state index is 14.2. The van der Waals surface area contributed by atoms with Crippen LogP contribution in [0.4, 0.5) is 22.0 Å². The summed E-state index contributed by atoms with van der Waals surface area (Å²) < 4.78 is 70.4. The molecule has 7 N–H and O–H groups in total. The number of methoxy groups -OCH3 is 1. The number of aliphatic imine (C=N–C) groups is 1. The number of carbonyl (C=O) groups is 17. The molecule has 0 bridgehead atoms. The first-order valence-electron chi connectivity index (χ1n) is 48.1. The number of alkyl carbamates (subject to hydrolysis) is 1. The Morgan fingerprint density at radius 1 is 0.528 bits per heavy atom. The maximum Gasteiger partial charge on any atom is 0.407 e. The molecule has 6 heterocycles. The Morgan fingerprint density at radius 2 is 1.11 bits per heavy atom. The van der Waals surface area contributed by atoms with E-state index >= 15 is 0 Å². The fourth-order valence-electron chi connectivity index (χ4n) is 15.0. The zero-order valence-electron chi connectivity index (χ0n) is 82.5. The Hall–Kier alpha value is -13.4. The molecule has 0 saturated carbocycles. The standard InChI is InChI=1S/C101H132N14O29/c1-67-53-77-60-103-83-59-88(68(2)54-82(83)99(130)115(77)63-67)143-35-10-13-92(124)109-89-65-112(6)96(110-89)87(121)55-71-14-16-72(17-15-71)74-58-85(111(5)64-74)100(131)113-31-27-73-56-76(18-21-84(73)113)108-98(129)70(4)107-97(128)69(3)106-93(125)26-30-102-101(132)144-66-75(86(120)12-9-34-135-40-42-138-45-46-140-49-50-142-52-51-141-48-47-139-44-43-137-38-37-133-7)57-81(119)62-105-91(123)23-20-80(118)61-104-90(122)22-19-79(117)29-36-136-41-39-134-33-8-11-78(116)28-32-114-94(126)24-25-95(114)127/h14-18,21,24-25,27,31,54,56,58-60,64-65,69-70,75,77H,1,8-13,19-20,22-23,26,28-30,32-53,55,57,61-63,66H2,2-7H3,(H,102,132)(H,104,122)(H,105,123)(H,106,125)(H,107,128)(H,108,129)(H,109,124)/t69-,70-,75?,77-/m0/s1. The minimum atomic E-state index is -1.18. The van der Waals surface area contributed by atoms with Gasteiger partial charge in [0.1, 0.15) is 47.5 Å². The van der Waals surface area contributed by atoms with Crippen molar-refractivity contribution in [3.63, 3.8) is 0 Å². The van der Waals surface area contributed by atoms with Gasteiger partial charge >= 0.3 is 6.09 Å². The first kappa shape index (κ1) is 114. The van der Waals surface area contributed by atoms with Crippen molar-refractivity contribution in [3.8, 4) is 16.9 Å². The molecule has 9 rings (SSSR count). The van der Waals surface area contributed by atoms with E-state index in [2.05, 4.69) is 53.8 Å². The Kier molecular flexibility index (Phi) is 48.8. The summed E-state index contributed by atoms with van der Waals surface area (Å²) in [5, 5.41) is 18.5. The monoisotopic (exact) mass is 2000 g/mol. The number of ketones is 6. The number of amides is 10. The van der Waals surface area contributed by atoms with Crippen molar-refractivity contribution in [2.75, 3.05) is 189 Å². The number of aromatic nitrogens is 4. The molecular weight excluding hydrogens is 1870 g/mol. The molecule has 0 spiro atoms. The topological polar surface area (TPSA) is 532 Å². The molecule has 43 heteroatoms. The van der Waals surface area contributed by atoms with Crippen LogP contribution in [0.2, 0.25) is 0 Å². The molecule has 1 saturated heterocycles. The third-order valence-corrected chi connectivity index (χ3v) is 23.0. The van der Waals surface area contributed by atoms with Gasteiger partial charge in [0.15, 0.2) is 23.2 Å². The van der Waals surface area contributed by atoms with E-state index in [0.29, 0.717) is 143 Å². The molecule has 144 heavy (non-hydrogen) atoms. The summed E-state index contributed by atoms with van der Waals surface area (Å²) in [4.78, 5) is 232. The molecule has 4 atom stereocenters. The summed E-state index contributed by atoms with van der Waals surface area (Å²) in [6, 6.07) is 16.9. The van der Waals surface area contributed by atoms with Gasteiger partial charge in [0, 0.05) is 191 Å². The van der Waals surface area contributed by atoms with Crippen LogP contribution in [0.1, 0.15) is 153 Å². The first-order valence-corrected chi connectivity index (χ1v) is 48.1. The molecule has 0 aliphatic carbocycles. The average molecular weight is 2010 g/mol. The predicted molar refractivity (Wildman–Crippen MR) is 523 cm³/mol. The zero-order chi connectivity index (χ0) is 104. The van der Waals surface area contributed by atoms with Crippen molar-refractivity contribution in [2.24, 2.45) is 25.0 Å². The number of benzene rings is 3. The van der Waals surface area contributed by atoms with Gasteiger partial charge < -0.3 is 108 Å². The van der Waals surface area contributed by atoms with E-state index in [9.17, 15) is 81.5 Å². The van der Waals surface area contributed by atoms with Crippen molar-refractivity contribution in [3.05, 3.63) is 138 Å². The summed E-state index contributed by atoms with van der Waals surface area (Å²) in [7, 11) is 5.03. The number of Topliss-reactive ketones (excluding diaryl/α,β-unsaturated/α-hetero) is 6. The van der Waals surface area contributed by atoms with Crippen LogP contribution in [0.25, 0.3) is 22.0 Å². The van der Waals surface area contributed by atoms with E-state index in [-0.39, 0.29) is 202 Å². The van der Waals surface area contributed by atoms with Gasteiger partial charge in [0.05, 0.1) is 161 Å². The van der Waals surface area contributed by atoms with Crippen LogP contribution in [0.5, 0.6) is 5.75 Å². The van der Waals surface area contributed by atoms with Crippen LogP contribution in [0.15, 0.2) is 115 Å². The molecule has 780 valence electrons. The third-order valence-electron chi connectivity index (χ3n) is 23.0. The normalized spacial score (nSPS) is 13.8. The number of hydrogen-bond acceptors (Lipinski definition) is 31. The minimum absolute atomic E-state index is 0.0196. The molecule has 3 aliphatic heterocycles. The number of fused-ring (bicyclic) bond motifs is 3. The van der Waals surface area contributed by atoms with Crippen LogP contribution in [0, 0.1) is 12.8 Å².